The topological polar surface area (TPSA) is 89.4 Å². The van der Waals surface area contributed by atoms with Crippen LogP contribution in [0.2, 0.25) is 0 Å². The van der Waals surface area contributed by atoms with Gasteiger partial charge in [-0.2, -0.15) is 8.75 Å². The second-order valence-corrected chi connectivity index (χ2v) is 6.86. The third-order valence-corrected chi connectivity index (χ3v) is 5.11. The highest BCUT2D eigenvalue weighted by Crippen LogP contribution is 2.27. The molecule has 0 bridgehead atoms. The molecule has 7 heteroatoms. The number of aryl methyl sites for hydroxylation is 1. The van der Waals surface area contributed by atoms with Gasteiger partial charge in [-0.3, -0.25) is 4.79 Å². The smallest absolute Gasteiger partial charge is 0.337 e. The number of aliphatic carboxylic acids is 1. The highest BCUT2D eigenvalue weighted by Gasteiger charge is 2.23. The Morgan fingerprint density at radius 2 is 1.89 bits per heavy atom. The van der Waals surface area contributed by atoms with Crippen LogP contribution in [0.4, 0.5) is 0 Å². The Bertz CT molecular complexity index is 983. The number of carboxylic acids is 1. The van der Waals surface area contributed by atoms with Gasteiger partial charge in [0.1, 0.15) is 11.0 Å². The van der Waals surface area contributed by atoms with Crippen molar-refractivity contribution in [3.05, 3.63) is 58.7 Å². The molecule has 6 nitrogen and oxygen atoms in total. The van der Waals surface area contributed by atoms with Crippen molar-refractivity contribution in [3.63, 3.8) is 0 Å². The van der Waals surface area contributed by atoms with E-state index in [1.54, 1.807) is 30.3 Å². The third-order valence-electron chi connectivity index (χ3n) is 4.55. The fourth-order valence-corrected chi connectivity index (χ4v) is 3.67. The summed E-state index contributed by atoms with van der Waals surface area (Å²) in [4.78, 5) is 23.8. The molecule has 0 aliphatic carbocycles. The number of carbonyl (C=O) groups is 2. The van der Waals surface area contributed by atoms with E-state index in [9.17, 15) is 14.7 Å². The third kappa shape index (κ3) is 4.14. The number of fused-ring (bicyclic) bond motifs is 1. The highest BCUT2D eigenvalue weighted by atomic mass is 32.1. The second kappa shape index (κ2) is 8.26. The zero-order chi connectivity index (χ0) is 19.4. The van der Waals surface area contributed by atoms with Crippen molar-refractivity contribution in [3.8, 4) is 0 Å². The van der Waals surface area contributed by atoms with Crippen LogP contribution in [0.1, 0.15) is 46.3 Å². The summed E-state index contributed by atoms with van der Waals surface area (Å²) < 4.78 is 13.1. The van der Waals surface area contributed by atoms with Gasteiger partial charge >= 0.3 is 11.9 Å². The monoisotopic (exact) mass is 384 g/mol. The number of hydrogen-bond acceptors (Lipinski definition) is 6. The summed E-state index contributed by atoms with van der Waals surface area (Å²) in [5.74, 6) is -1.98. The average molecular weight is 384 g/mol. The molecular weight excluding hydrogens is 364 g/mol. The van der Waals surface area contributed by atoms with Gasteiger partial charge in [0, 0.05) is 0 Å². The zero-order valence-corrected chi connectivity index (χ0v) is 16.0. The average Bonchev–Trinajstić information content (AvgIpc) is 3.14. The molecule has 1 unspecified atom stereocenters. The van der Waals surface area contributed by atoms with Gasteiger partial charge in [-0.05, 0) is 53.8 Å². The van der Waals surface area contributed by atoms with Crippen LogP contribution in [-0.2, 0) is 22.4 Å². The quantitative estimate of drug-likeness (QED) is 0.623. The predicted octanol–water partition coefficient (Wildman–Crippen LogP) is 3.84. The Hall–Kier alpha value is -2.80. The fourth-order valence-electron chi connectivity index (χ4n) is 3.16. The van der Waals surface area contributed by atoms with E-state index in [1.807, 2.05) is 13.0 Å². The fraction of sp³-hybridized carbons (Fsp3) is 0.300. The van der Waals surface area contributed by atoms with E-state index in [2.05, 4.69) is 8.75 Å². The summed E-state index contributed by atoms with van der Waals surface area (Å²) in [6, 6.07) is 10.7. The maximum Gasteiger partial charge on any atom is 0.337 e. The Morgan fingerprint density at radius 3 is 2.59 bits per heavy atom. The molecule has 0 saturated carbocycles. The predicted molar refractivity (Wildman–Crippen MR) is 103 cm³/mol. The molecule has 1 N–H and O–H groups in total. The summed E-state index contributed by atoms with van der Waals surface area (Å²) in [5.41, 5.74) is 4.55. The molecule has 2 aromatic carbocycles. The van der Waals surface area contributed by atoms with E-state index in [4.69, 9.17) is 4.74 Å². The van der Waals surface area contributed by atoms with E-state index in [-0.39, 0.29) is 0 Å². The van der Waals surface area contributed by atoms with Crippen LogP contribution in [0, 0.1) is 0 Å². The first kappa shape index (κ1) is 19.0. The Morgan fingerprint density at radius 1 is 1.11 bits per heavy atom. The Labute approximate surface area is 161 Å². The molecule has 1 atom stereocenters. The van der Waals surface area contributed by atoms with Gasteiger partial charge in [-0.25, -0.2) is 4.79 Å². The number of carboxylic acid groups (broad SMARTS) is 1. The van der Waals surface area contributed by atoms with Crippen molar-refractivity contribution >= 4 is 34.7 Å². The molecule has 0 saturated heterocycles. The normalized spacial score (nSPS) is 12.1. The maximum absolute atomic E-state index is 12.0. The SMILES string of the molecule is CCCc1cc(C(=O)OC)ccc1CC(C(=O)O)c1ccc2nsnc2c1. The lowest BCUT2D eigenvalue weighted by molar-refractivity contribution is -0.138. The van der Waals surface area contributed by atoms with Crippen LogP contribution in [0.3, 0.4) is 0 Å². The van der Waals surface area contributed by atoms with Crippen molar-refractivity contribution in [2.24, 2.45) is 0 Å². The van der Waals surface area contributed by atoms with E-state index in [0.29, 0.717) is 23.1 Å². The summed E-state index contributed by atoms with van der Waals surface area (Å²) in [7, 11) is 1.35. The number of esters is 1. The van der Waals surface area contributed by atoms with Crippen molar-refractivity contribution in [2.45, 2.75) is 32.1 Å². The number of benzene rings is 2. The van der Waals surface area contributed by atoms with Gasteiger partial charge in [0.2, 0.25) is 0 Å². The van der Waals surface area contributed by atoms with Gasteiger partial charge in [-0.15, -0.1) is 0 Å². The van der Waals surface area contributed by atoms with Crippen LogP contribution in [0.15, 0.2) is 36.4 Å². The second-order valence-electron chi connectivity index (χ2n) is 6.33. The molecule has 3 rings (SSSR count). The zero-order valence-electron chi connectivity index (χ0n) is 15.1. The summed E-state index contributed by atoms with van der Waals surface area (Å²) in [5, 5.41) is 9.80. The summed E-state index contributed by atoms with van der Waals surface area (Å²) in [6.45, 7) is 2.05. The van der Waals surface area contributed by atoms with E-state index in [1.165, 1.54) is 7.11 Å². The van der Waals surface area contributed by atoms with Crippen molar-refractivity contribution in [1.29, 1.82) is 0 Å². The molecule has 27 heavy (non-hydrogen) atoms. The minimum atomic E-state index is -0.892. The van der Waals surface area contributed by atoms with Crippen LogP contribution >= 0.6 is 11.7 Å². The molecular formula is C20H20N2O4S. The Balaban J connectivity index is 1.96. The minimum Gasteiger partial charge on any atom is -0.481 e. The highest BCUT2D eigenvalue weighted by molar-refractivity contribution is 7.00. The van der Waals surface area contributed by atoms with Gasteiger partial charge in [0.05, 0.1) is 30.3 Å². The van der Waals surface area contributed by atoms with Crippen LogP contribution in [0.5, 0.6) is 0 Å². The standard InChI is InChI=1S/C20H20N2O4S/c1-3-4-12-9-15(20(25)26-2)6-5-13(12)10-16(19(23)24)14-7-8-17-18(11-14)22-27-21-17/h5-9,11,16H,3-4,10H2,1-2H3,(H,23,24). The molecule has 140 valence electrons. The first-order valence-electron chi connectivity index (χ1n) is 8.68. The van der Waals surface area contributed by atoms with Crippen molar-refractivity contribution in [1.82, 2.24) is 8.75 Å². The summed E-state index contributed by atoms with van der Waals surface area (Å²) >= 11 is 1.11. The molecule has 0 aliphatic heterocycles. The number of methoxy groups -OCH3 is 1. The van der Waals surface area contributed by atoms with Crippen LogP contribution < -0.4 is 0 Å². The lowest BCUT2D eigenvalue weighted by atomic mass is 9.88. The van der Waals surface area contributed by atoms with E-state index >= 15 is 0 Å². The van der Waals surface area contributed by atoms with Gasteiger partial charge in [-0.1, -0.05) is 25.5 Å². The molecule has 0 amide bonds. The maximum atomic E-state index is 12.0. The number of ether oxygens (including phenoxy) is 1. The number of nitrogens with zero attached hydrogens (tertiary/aromatic N) is 2. The van der Waals surface area contributed by atoms with Gasteiger partial charge in [0.15, 0.2) is 0 Å². The lowest BCUT2D eigenvalue weighted by Gasteiger charge is -2.16. The number of aromatic nitrogens is 2. The molecule has 0 radical (unpaired) electrons. The molecule has 0 aliphatic rings. The molecule has 1 heterocycles. The van der Waals surface area contributed by atoms with E-state index in [0.717, 1.165) is 41.2 Å². The van der Waals surface area contributed by atoms with Crippen LogP contribution in [-0.4, -0.2) is 32.9 Å². The molecule has 3 aromatic rings. The number of carbonyl (C=O) groups excluding carboxylic acids is 1. The van der Waals surface area contributed by atoms with Crippen molar-refractivity contribution in [2.75, 3.05) is 7.11 Å². The first-order valence-corrected chi connectivity index (χ1v) is 9.41. The van der Waals surface area contributed by atoms with Gasteiger partial charge < -0.3 is 9.84 Å². The van der Waals surface area contributed by atoms with Gasteiger partial charge in [0.25, 0.3) is 0 Å². The summed E-state index contributed by atoms with van der Waals surface area (Å²) in [6.07, 6.45) is 2.00. The van der Waals surface area contributed by atoms with Crippen LogP contribution in [0.25, 0.3) is 11.0 Å². The first-order chi connectivity index (χ1) is 13.0. The molecule has 0 spiro atoms. The molecule has 0 fully saturated rings. The molecule has 1 aromatic heterocycles. The number of rotatable bonds is 7. The Kier molecular flexibility index (Phi) is 5.81. The van der Waals surface area contributed by atoms with E-state index < -0.39 is 17.9 Å². The minimum absolute atomic E-state index is 0.342. The van der Waals surface area contributed by atoms with Crippen molar-refractivity contribution < 1.29 is 19.4 Å². The number of hydrogen-bond donors (Lipinski definition) is 1. The largest absolute Gasteiger partial charge is 0.481 e. The lowest BCUT2D eigenvalue weighted by Crippen LogP contribution is -2.16.